The summed E-state index contributed by atoms with van der Waals surface area (Å²) in [5.74, 6) is 0. The highest BCUT2D eigenvalue weighted by Gasteiger charge is 2.33. The molecule has 2 aromatic rings. The molecule has 4 heteroatoms. The van der Waals surface area contributed by atoms with Crippen molar-refractivity contribution in [3.8, 4) is 0 Å². The summed E-state index contributed by atoms with van der Waals surface area (Å²) in [5, 5.41) is 14.7. The van der Waals surface area contributed by atoms with Crippen LogP contribution in [0.15, 0.2) is 30.3 Å². The third-order valence-corrected chi connectivity index (χ3v) is 5.88. The van der Waals surface area contributed by atoms with Crippen LogP contribution >= 0.6 is 11.3 Å². The zero-order valence-corrected chi connectivity index (χ0v) is 13.6. The van der Waals surface area contributed by atoms with Gasteiger partial charge in [-0.1, -0.05) is 67.9 Å². The highest BCUT2D eigenvalue weighted by atomic mass is 32.1. The third-order valence-electron chi connectivity index (χ3n) is 4.58. The predicted octanol–water partition coefficient (Wildman–Crippen LogP) is 4.07. The molecule has 3 nitrogen and oxygen atoms in total. The maximum absolute atomic E-state index is 4.53. The molecule has 1 aliphatic carbocycles. The summed E-state index contributed by atoms with van der Waals surface area (Å²) in [6.07, 6.45) is 6.50. The first kappa shape index (κ1) is 14.7. The summed E-state index contributed by atoms with van der Waals surface area (Å²) in [6, 6.07) is 10.6. The van der Waals surface area contributed by atoms with Gasteiger partial charge in [-0.2, -0.15) is 0 Å². The molecule has 21 heavy (non-hydrogen) atoms. The molecule has 0 aliphatic heterocycles. The number of benzene rings is 1. The first-order valence-electron chi connectivity index (χ1n) is 7.79. The van der Waals surface area contributed by atoms with Crippen LogP contribution in [0.2, 0.25) is 0 Å². The largest absolute Gasteiger partial charge is 0.307 e. The van der Waals surface area contributed by atoms with Crippen molar-refractivity contribution in [3.05, 3.63) is 45.9 Å². The van der Waals surface area contributed by atoms with E-state index in [0.29, 0.717) is 0 Å². The van der Waals surface area contributed by atoms with Crippen LogP contribution in [0.4, 0.5) is 0 Å². The summed E-state index contributed by atoms with van der Waals surface area (Å²) in [6.45, 7) is 2.35. The molecule has 1 aromatic carbocycles. The fourth-order valence-corrected chi connectivity index (χ4v) is 4.40. The lowest BCUT2D eigenvalue weighted by Crippen LogP contribution is -2.24. The second-order valence-electron chi connectivity index (χ2n) is 6.20. The lowest BCUT2D eigenvalue weighted by Gasteiger charge is -2.30. The highest BCUT2D eigenvalue weighted by Crippen LogP contribution is 2.41. The zero-order valence-electron chi connectivity index (χ0n) is 12.8. The first-order valence-corrected chi connectivity index (χ1v) is 8.61. The topological polar surface area (TPSA) is 37.8 Å². The minimum atomic E-state index is 0.143. The summed E-state index contributed by atoms with van der Waals surface area (Å²) >= 11 is 1.78. The quantitative estimate of drug-likeness (QED) is 0.925. The summed E-state index contributed by atoms with van der Waals surface area (Å²) < 4.78 is 0. The van der Waals surface area contributed by atoms with Crippen LogP contribution in [0.3, 0.4) is 0 Å². The number of nitrogens with zero attached hydrogens (tertiary/aromatic N) is 2. The molecule has 1 N–H and O–H groups in total. The Bertz CT molecular complexity index is 573. The Kier molecular flexibility index (Phi) is 4.36. The maximum Gasteiger partial charge on any atom is 0.139 e. The normalized spacial score (nSPS) is 19.3. The first-order chi connectivity index (χ1) is 10.2. The fraction of sp³-hybridized carbons (Fsp3) is 0.529. The molecule has 1 heterocycles. The van der Waals surface area contributed by atoms with E-state index in [4.69, 9.17) is 0 Å². The standard InChI is InChI=1S/C17H23N3S/c1-17(11-7-4-8-12-17)16-20-19-15(21-16)14(18-2)13-9-5-3-6-10-13/h3,5-6,9-10,14,18H,4,7-8,11-12H2,1-2H3. The number of hydrogen-bond donors (Lipinski definition) is 1. The van der Waals surface area contributed by atoms with Gasteiger partial charge < -0.3 is 5.32 Å². The number of rotatable bonds is 4. The Morgan fingerprint density at radius 2 is 1.81 bits per heavy atom. The van der Waals surface area contributed by atoms with Gasteiger partial charge in [-0.05, 0) is 25.5 Å². The molecule has 1 saturated carbocycles. The van der Waals surface area contributed by atoms with Crippen molar-refractivity contribution in [3.63, 3.8) is 0 Å². The van der Waals surface area contributed by atoms with Gasteiger partial charge in [-0.15, -0.1) is 10.2 Å². The molecule has 0 spiro atoms. The smallest absolute Gasteiger partial charge is 0.139 e. The monoisotopic (exact) mass is 301 g/mol. The van der Waals surface area contributed by atoms with Crippen LogP contribution in [0.5, 0.6) is 0 Å². The van der Waals surface area contributed by atoms with Crippen molar-refractivity contribution >= 4 is 11.3 Å². The predicted molar refractivity (Wildman–Crippen MR) is 87.7 cm³/mol. The minimum Gasteiger partial charge on any atom is -0.307 e. The van der Waals surface area contributed by atoms with Crippen molar-refractivity contribution in [1.82, 2.24) is 15.5 Å². The van der Waals surface area contributed by atoms with Crippen molar-refractivity contribution in [2.45, 2.75) is 50.5 Å². The van der Waals surface area contributed by atoms with Crippen LogP contribution in [-0.2, 0) is 5.41 Å². The molecule has 0 saturated heterocycles. The Morgan fingerprint density at radius 3 is 2.48 bits per heavy atom. The van der Waals surface area contributed by atoms with Crippen molar-refractivity contribution in [1.29, 1.82) is 0 Å². The molecule has 1 atom stereocenters. The van der Waals surface area contributed by atoms with E-state index in [0.717, 1.165) is 5.01 Å². The van der Waals surface area contributed by atoms with Gasteiger partial charge in [0.15, 0.2) is 0 Å². The minimum absolute atomic E-state index is 0.143. The Labute approximate surface area is 130 Å². The molecule has 0 bridgehead atoms. The Morgan fingerprint density at radius 1 is 1.10 bits per heavy atom. The van der Waals surface area contributed by atoms with Gasteiger partial charge in [0, 0.05) is 5.41 Å². The van der Waals surface area contributed by atoms with E-state index in [2.05, 4.69) is 46.7 Å². The van der Waals surface area contributed by atoms with Crippen molar-refractivity contribution in [2.75, 3.05) is 7.05 Å². The van der Waals surface area contributed by atoms with Gasteiger partial charge in [0.2, 0.25) is 0 Å². The number of nitrogens with one attached hydrogen (secondary N) is 1. The van der Waals surface area contributed by atoms with E-state index < -0.39 is 0 Å². The van der Waals surface area contributed by atoms with Gasteiger partial charge in [0.25, 0.3) is 0 Å². The van der Waals surface area contributed by atoms with Gasteiger partial charge in [-0.3, -0.25) is 0 Å². The summed E-state index contributed by atoms with van der Waals surface area (Å²) in [5.41, 5.74) is 1.49. The van der Waals surface area contributed by atoms with Gasteiger partial charge in [0.1, 0.15) is 10.0 Å². The summed E-state index contributed by atoms with van der Waals surface area (Å²) in [7, 11) is 1.99. The molecule has 1 aromatic heterocycles. The molecular formula is C17H23N3S. The van der Waals surface area contributed by atoms with E-state index >= 15 is 0 Å². The van der Waals surface area contributed by atoms with Gasteiger partial charge in [0.05, 0.1) is 6.04 Å². The maximum atomic E-state index is 4.53. The van der Waals surface area contributed by atoms with Gasteiger partial charge in [-0.25, -0.2) is 0 Å². The van der Waals surface area contributed by atoms with Crippen LogP contribution in [0, 0.1) is 0 Å². The molecule has 0 radical (unpaired) electrons. The van der Waals surface area contributed by atoms with E-state index in [1.165, 1.54) is 42.7 Å². The number of aromatic nitrogens is 2. The van der Waals surface area contributed by atoms with Crippen molar-refractivity contribution in [2.24, 2.45) is 0 Å². The van der Waals surface area contributed by atoms with Crippen LogP contribution in [-0.4, -0.2) is 17.2 Å². The molecule has 112 valence electrons. The van der Waals surface area contributed by atoms with E-state index in [9.17, 15) is 0 Å². The SMILES string of the molecule is CNC(c1ccccc1)c1nnc(C2(C)CCCCC2)s1. The van der Waals surface area contributed by atoms with E-state index in [-0.39, 0.29) is 11.5 Å². The molecule has 1 unspecified atom stereocenters. The fourth-order valence-electron chi connectivity index (χ4n) is 3.22. The number of hydrogen-bond acceptors (Lipinski definition) is 4. The lowest BCUT2D eigenvalue weighted by atomic mass is 9.76. The molecule has 3 rings (SSSR count). The van der Waals surface area contributed by atoms with Gasteiger partial charge >= 0.3 is 0 Å². The third kappa shape index (κ3) is 3.01. The second-order valence-corrected chi connectivity index (χ2v) is 7.21. The van der Waals surface area contributed by atoms with Crippen molar-refractivity contribution < 1.29 is 0 Å². The van der Waals surface area contributed by atoms with E-state index in [1.54, 1.807) is 11.3 Å². The van der Waals surface area contributed by atoms with Crippen LogP contribution < -0.4 is 5.32 Å². The lowest BCUT2D eigenvalue weighted by molar-refractivity contribution is 0.317. The Balaban J connectivity index is 1.86. The highest BCUT2D eigenvalue weighted by molar-refractivity contribution is 7.11. The van der Waals surface area contributed by atoms with Crippen LogP contribution in [0.25, 0.3) is 0 Å². The summed E-state index contributed by atoms with van der Waals surface area (Å²) in [4.78, 5) is 0. The average molecular weight is 301 g/mol. The zero-order chi connectivity index (χ0) is 14.7. The average Bonchev–Trinajstić information content (AvgIpc) is 3.00. The molecule has 0 amide bonds. The molecule has 1 aliphatic rings. The Hall–Kier alpha value is -1.26. The van der Waals surface area contributed by atoms with Crippen LogP contribution in [0.1, 0.15) is 60.6 Å². The van der Waals surface area contributed by atoms with E-state index in [1.807, 2.05) is 13.1 Å². The second kappa shape index (κ2) is 6.24. The molecular weight excluding hydrogens is 278 g/mol. The molecule has 1 fully saturated rings.